The van der Waals surface area contributed by atoms with Crippen LogP contribution in [0.3, 0.4) is 0 Å². The van der Waals surface area contributed by atoms with Crippen LogP contribution in [0.1, 0.15) is 43.4 Å². The summed E-state index contributed by atoms with van der Waals surface area (Å²) in [6.07, 6.45) is 3.33. The number of amides is 1. The van der Waals surface area contributed by atoms with Crippen LogP contribution in [-0.4, -0.2) is 23.9 Å². The number of carbonyl (C=O) groups excluding carboxylic acids is 1. The minimum Gasteiger partial charge on any atom is -0.325 e. The van der Waals surface area contributed by atoms with E-state index in [1.165, 1.54) is 17.2 Å². The summed E-state index contributed by atoms with van der Waals surface area (Å²) >= 11 is 6.14. The summed E-state index contributed by atoms with van der Waals surface area (Å²) in [7, 11) is 0. The number of benzene rings is 2. The van der Waals surface area contributed by atoms with Gasteiger partial charge in [-0.05, 0) is 62.0 Å². The van der Waals surface area contributed by atoms with Gasteiger partial charge in [-0.3, -0.25) is 9.69 Å². The number of para-hydroxylation sites is 1. The first-order valence-electron chi connectivity index (χ1n) is 10.1. The average molecular weight is 403 g/mol. The van der Waals surface area contributed by atoms with E-state index in [-0.39, 0.29) is 17.6 Å². The molecular weight excluding hydrogens is 375 g/mol. The van der Waals surface area contributed by atoms with Crippen molar-refractivity contribution in [2.45, 2.75) is 46.1 Å². The van der Waals surface area contributed by atoms with Crippen LogP contribution >= 0.6 is 11.6 Å². The van der Waals surface area contributed by atoms with E-state index < -0.39 is 0 Å². The Hall–Kier alpha value is -1.91. The molecule has 150 valence electrons. The van der Waals surface area contributed by atoms with E-state index in [2.05, 4.69) is 42.3 Å². The quantitative estimate of drug-likeness (QED) is 0.696. The second-order valence-electron chi connectivity index (χ2n) is 7.40. The van der Waals surface area contributed by atoms with Crippen LogP contribution < -0.4 is 5.32 Å². The summed E-state index contributed by atoms with van der Waals surface area (Å²) < 4.78 is 14.0. The van der Waals surface area contributed by atoms with Crippen molar-refractivity contribution in [2.75, 3.05) is 18.4 Å². The summed E-state index contributed by atoms with van der Waals surface area (Å²) in [5, 5.41) is 3.66. The molecule has 0 bridgehead atoms. The van der Waals surface area contributed by atoms with Crippen molar-refractivity contribution < 1.29 is 9.18 Å². The van der Waals surface area contributed by atoms with E-state index in [1.807, 2.05) is 0 Å². The molecule has 1 saturated heterocycles. The van der Waals surface area contributed by atoms with Crippen molar-refractivity contribution in [2.24, 2.45) is 5.92 Å². The SMILES string of the molecule is CCc1cccc(CC)c1NC(=O)C1CCN(Cc2c(F)cccc2Cl)CC1. The molecule has 2 aromatic rings. The van der Waals surface area contributed by atoms with Gasteiger partial charge in [0.25, 0.3) is 0 Å². The third-order valence-corrected chi connectivity index (χ3v) is 6.00. The maximum absolute atomic E-state index is 14.0. The Balaban J connectivity index is 1.60. The van der Waals surface area contributed by atoms with Crippen molar-refractivity contribution in [1.29, 1.82) is 0 Å². The highest BCUT2D eigenvalue weighted by Crippen LogP contribution is 2.27. The molecule has 0 spiro atoms. The number of carbonyl (C=O) groups is 1. The fourth-order valence-electron chi connectivity index (χ4n) is 3.89. The van der Waals surface area contributed by atoms with Gasteiger partial charge in [0.2, 0.25) is 5.91 Å². The van der Waals surface area contributed by atoms with Gasteiger partial charge in [0.05, 0.1) is 0 Å². The van der Waals surface area contributed by atoms with E-state index in [1.54, 1.807) is 12.1 Å². The molecule has 1 amide bonds. The Morgan fingerprint density at radius 2 is 1.71 bits per heavy atom. The molecule has 3 rings (SSSR count). The van der Waals surface area contributed by atoms with E-state index in [9.17, 15) is 9.18 Å². The number of nitrogens with one attached hydrogen (secondary N) is 1. The zero-order valence-electron chi connectivity index (χ0n) is 16.6. The fraction of sp³-hybridized carbons (Fsp3) is 0.435. The van der Waals surface area contributed by atoms with Crippen LogP contribution in [0.25, 0.3) is 0 Å². The first-order valence-corrected chi connectivity index (χ1v) is 10.5. The molecule has 1 heterocycles. The molecule has 3 nitrogen and oxygen atoms in total. The monoisotopic (exact) mass is 402 g/mol. The van der Waals surface area contributed by atoms with Crippen molar-refractivity contribution in [3.8, 4) is 0 Å². The van der Waals surface area contributed by atoms with Crippen molar-refractivity contribution in [3.05, 3.63) is 63.9 Å². The molecule has 0 atom stereocenters. The summed E-state index contributed by atoms with van der Waals surface area (Å²) in [5.41, 5.74) is 3.88. The average Bonchev–Trinajstić information content (AvgIpc) is 2.71. The number of nitrogens with zero attached hydrogens (tertiary/aromatic N) is 1. The van der Waals surface area contributed by atoms with Gasteiger partial charge in [0.1, 0.15) is 5.82 Å². The number of hydrogen-bond acceptors (Lipinski definition) is 2. The van der Waals surface area contributed by atoms with Crippen LogP contribution in [0, 0.1) is 11.7 Å². The molecular formula is C23H28ClFN2O. The van der Waals surface area contributed by atoms with Crippen LogP contribution in [-0.2, 0) is 24.2 Å². The number of anilines is 1. The van der Waals surface area contributed by atoms with E-state index in [0.717, 1.165) is 44.5 Å². The highest BCUT2D eigenvalue weighted by Gasteiger charge is 2.26. The molecule has 1 aliphatic rings. The van der Waals surface area contributed by atoms with Gasteiger partial charge in [0.15, 0.2) is 0 Å². The lowest BCUT2D eigenvalue weighted by Crippen LogP contribution is -2.38. The Labute approximate surface area is 171 Å². The number of piperidine rings is 1. The molecule has 0 aromatic heterocycles. The zero-order valence-corrected chi connectivity index (χ0v) is 17.4. The van der Waals surface area contributed by atoms with E-state index in [0.29, 0.717) is 17.1 Å². The lowest BCUT2D eigenvalue weighted by molar-refractivity contribution is -0.121. The Kier molecular flexibility index (Phi) is 7.08. The second kappa shape index (κ2) is 9.53. The third-order valence-electron chi connectivity index (χ3n) is 5.65. The molecule has 0 unspecified atom stereocenters. The fourth-order valence-corrected chi connectivity index (χ4v) is 4.11. The summed E-state index contributed by atoms with van der Waals surface area (Å²) in [6.45, 7) is 6.23. The molecule has 28 heavy (non-hydrogen) atoms. The predicted octanol–water partition coefficient (Wildman–Crippen LogP) is 5.45. The van der Waals surface area contributed by atoms with Gasteiger partial charge in [-0.25, -0.2) is 4.39 Å². The first-order chi connectivity index (χ1) is 13.5. The number of aryl methyl sites for hydroxylation is 2. The largest absolute Gasteiger partial charge is 0.325 e. The minimum absolute atomic E-state index is 0.0121. The van der Waals surface area contributed by atoms with Crippen molar-refractivity contribution in [3.63, 3.8) is 0 Å². The molecule has 5 heteroatoms. The van der Waals surface area contributed by atoms with Crippen LogP contribution in [0.2, 0.25) is 5.02 Å². The lowest BCUT2D eigenvalue weighted by Gasteiger charge is -2.31. The van der Waals surface area contributed by atoms with E-state index in [4.69, 9.17) is 11.6 Å². The molecule has 1 N–H and O–H groups in total. The molecule has 2 aromatic carbocycles. The molecule has 1 aliphatic heterocycles. The summed E-state index contributed by atoms with van der Waals surface area (Å²) in [6, 6.07) is 11.0. The molecule has 0 saturated carbocycles. The zero-order chi connectivity index (χ0) is 20.1. The van der Waals surface area contributed by atoms with Gasteiger partial charge in [0, 0.05) is 28.7 Å². The normalized spacial score (nSPS) is 15.6. The highest BCUT2D eigenvalue weighted by molar-refractivity contribution is 6.31. The van der Waals surface area contributed by atoms with Crippen molar-refractivity contribution in [1.82, 2.24) is 4.90 Å². The Bertz CT molecular complexity index is 789. The van der Waals surface area contributed by atoms with Crippen LogP contribution in [0.15, 0.2) is 36.4 Å². The number of likely N-dealkylation sites (tertiary alicyclic amines) is 1. The number of halogens is 2. The standard InChI is InChI=1S/C23H28ClFN2O/c1-3-16-7-5-8-17(4-2)22(16)26-23(28)18-11-13-27(14-12-18)15-19-20(24)9-6-10-21(19)25/h5-10,18H,3-4,11-15H2,1-2H3,(H,26,28). The second-order valence-corrected chi connectivity index (χ2v) is 7.81. The minimum atomic E-state index is -0.268. The maximum atomic E-state index is 14.0. The molecule has 1 fully saturated rings. The topological polar surface area (TPSA) is 32.3 Å². The van der Waals surface area contributed by atoms with Gasteiger partial charge in [-0.1, -0.05) is 49.7 Å². The van der Waals surface area contributed by atoms with Crippen LogP contribution in [0.4, 0.5) is 10.1 Å². The summed E-state index contributed by atoms with van der Waals surface area (Å²) in [5.74, 6) is -0.184. The van der Waals surface area contributed by atoms with Gasteiger partial charge in [-0.2, -0.15) is 0 Å². The molecule has 0 radical (unpaired) electrons. The van der Waals surface area contributed by atoms with E-state index >= 15 is 0 Å². The van der Waals surface area contributed by atoms with Gasteiger partial charge < -0.3 is 5.32 Å². The van der Waals surface area contributed by atoms with Crippen LogP contribution in [0.5, 0.6) is 0 Å². The molecule has 0 aliphatic carbocycles. The lowest BCUT2D eigenvalue weighted by atomic mass is 9.94. The first kappa shape index (κ1) is 20.8. The third kappa shape index (κ3) is 4.73. The smallest absolute Gasteiger partial charge is 0.227 e. The Morgan fingerprint density at radius 1 is 1.11 bits per heavy atom. The number of hydrogen-bond donors (Lipinski definition) is 1. The van der Waals surface area contributed by atoms with Crippen molar-refractivity contribution >= 4 is 23.2 Å². The van der Waals surface area contributed by atoms with Gasteiger partial charge >= 0.3 is 0 Å². The predicted molar refractivity (Wildman–Crippen MR) is 113 cm³/mol. The summed E-state index contributed by atoms with van der Waals surface area (Å²) in [4.78, 5) is 15.0. The maximum Gasteiger partial charge on any atom is 0.227 e. The highest BCUT2D eigenvalue weighted by atomic mass is 35.5. The Morgan fingerprint density at radius 3 is 2.29 bits per heavy atom. The van der Waals surface area contributed by atoms with Gasteiger partial charge in [-0.15, -0.1) is 0 Å². The number of rotatable bonds is 6.